The fourth-order valence-electron chi connectivity index (χ4n) is 1.87. The van der Waals surface area contributed by atoms with Crippen LogP contribution >= 0.6 is 27.5 Å². The van der Waals surface area contributed by atoms with Crippen molar-refractivity contribution < 1.29 is 9.13 Å². The highest BCUT2D eigenvalue weighted by Gasteiger charge is 2.09. The quantitative estimate of drug-likeness (QED) is 0.771. The summed E-state index contributed by atoms with van der Waals surface area (Å²) < 4.78 is 19.6. The highest BCUT2D eigenvalue weighted by atomic mass is 79.9. The maximum atomic E-state index is 13.2. The van der Waals surface area contributed by atoms with Crippen LogP contribution in [0.1, 0.15) is 18.9 Å². The van der Waals surface area contributed by atoms with Gasteiger partial charge in [0.1, 0.15) is 17.3 Å². The molecule has 0 aliphatic rings. The van der Waals surface area contributed by atoms with Gasteiger partial charge in [0, 0.05) is 17.1 Å². The zero-order valence-corrected chi connectivity index (χ0v) is 13.9. The number of halogens is 3. The number of nitrogens with two attached hydrogens (primary N) is 1. The van der Waals surface area contributed by atoms with Crippen LogP contribution in [-0.4, -0.2) is 6.04 Å². The van der Waals surface area contributed by atoms with Crippen molar-refractivity contribution in [2.75, 3.05) is 0 Å². The predicted molar refractivity (Wildman–Crippen MR) is 87.6 cm³/mol. The lowest BCUT2D eigenvalue weighted by molar-refractivity contribution is 0.473. The summed E-state index contributed by atoms with van der Waals surface area (Å²) in [5, 5.41) is 0.601. The third-order valence-corrected chi connectivity index (χ3v) is 4.16. The second-order valence-corrected chi connectivity index (χ2v) is 6.06. The van der Waals surface area contributed by atoms with Gasteiger partial charge in [-0.1, -0.05) is 24.6 Å². The van der Waals surface area contributed by atoms with Crippen LogP contribution in [0.2, 0.25) is 5.02 Å². The van der Waals surface area contributed by atoms with Gasteiger partial charge in [-0.15, -0.1) is 0 Å². The van der Waals surface area contributed by atoms with E-state index in [9.17, 15) is 4.39 Å². The summed E-state index contributed by atoms with van der Waals surface area (Å²) in [6.45, 7) is 2.04. The predicted octanol–water partition coefficient (Wildman–Crippen LogP) is 5.31. The Balaban J connectivity index is 2.18. The zero-order valence-electron chi connectivity index (χ0n) is 11.6. The maximum absolute atomic E-state index is 13.2. The van der Waals surface area contributed by atoms with E-state index in [2.05, 4.69) is 15.9 Å². The van der Waals surface area contributed by atoms with Crippen LogP contribution in [0.25, 0.3) is 0 Å². The van der Waals surface area contributed by atoms with Gasteiger partial charge >= 0.3 is 0 Å². The molecule has 0 spiro atoms. The lowest BCUT2D eigenvalue weighted by Gasteiger charge is -2.12. The summed E-state index contributed by atoms with van der Waals surface area (Å²) in [6.07, 6.45) is 1.62. The van der Waals surface area contributed by atoms with Gasteiger partial charge in [-0.05, 0) is 58.6 Å². The van der Waals surface area contributed by atoms with E-state index in [1.807, 2.05) is 13.0 Å². The fraction of sp³-hybridized carbons (Fsp3) is 0.250. The van der Waals surface area contributed by atoms with Gasteiger partial charge in [0.25, 0.3) is 0 Å². The third kappa shape index (κ3) is 4.43. The van der Waals surface area contributed by atoms with Crippen molar-refractivity contribution in [1.29, 1.82) is 0 Å². The molecule has 0 heterocycles. The number of ether oxygens (including phenoxy) is 1. The van der Waals surface area contributed by atoms with Crippen molar-refractivity contribution in [2.45, 2.75) is 25.8 Å². The van der Waals surface area contributed by atoms with Gasteiger partial charge in [0.05, 0.1) is 4.47 Å². The lowest BCUT2D eigenvalue weighted by Crippen LogP contribution is -2.21. The van der Waals surface area contributed by atoms with Crippen LogP contribution in [0.4, 0.5) is 4.39 Å². The first-order chi connectivity index (χ1) is 9.99. The molecule has 2 aromatic carbocycles. The van der Waals surface area contributed by atoms with E-state index in [0.717, 1.165) is 18.4 Å². The second kappa shape index (κ2) is 7.25. The van der Waals surface area contributed by atoms with Crippen molar-refractivity contribution in [3.8, 4) is 11.5 Å². The Morgan fingerprint density at radius 1 is 1.29 bits per heavy atom. The van der Waals surface area contributed by atoms with Gasteiger partial charge in [0.2, 0.25) is 0 Å². The topological polar surface area (TPSA) is 35.2 Å². The van der Waals surface area contributed by atoms with Crippen LogP contribution in [0.3, 0.4) is 0 Å². The van der Waals surface area contributed by atoms with Crippen LogP contribution in [0.5, 0.6) is 11.5 Å². The Morgan fingerprint density at radius 2 is 2.05 bits per heavy atom. The van der Waals surface area contributed by atoms with Gasteiger partial charge in [-0.25, -0.2) is 4.39 Å². The number of hydrogen-bond donors (Lipinski definition) is 1. The normalized spacial score (nSPS) is 12.2. The molecule has 0 aliphatic heterocycles. The summed E-state index contributed by atoms with van der Waals surface area (Å²) in [7, 11) is 0. The molecule has 0 radical (unpaired) electrons. The molecule has 2 nitrogen and oxygen atoms in total. The minimum atomic E-state index is -0.357. The molecule has 0 bridgehead atoms. The molecule has 112 valence electrons. The lowest BCUT2D eigenvalue weighted by atomic mass is 10.0. The van der Waals surface area contributed by atoms with Gasteiger partial charge in [-0.2, -0.15) is 0 Å². The molecule has 0 aromatic heterocycles. The van der Waals surface area contributed by atoms with Crippen LogP contribution in [0.15, 0.2) is 40.9 Å². The molecule has 1 unspecified atom stereocenters. The summed E-state index contributed by atoms with van der Waals surface area (Å²) in [5.74, 6) is 0.606. The molecule has 0 amide bonds. The first kappa shape index (κ1) is 16.3. The Labute approximate surface area is 137 Å². The summed E-state index contributed by atoms with van der Waals surface area (Å²) in [5.41, 5.74) is 6.92. The van der Waals surface area contributed by atoms with Crippen molar-refractivity contribution >= 4 is 27.5 Å². The first-order valence-corrected chi connectivity index (χ1v) is 7.83. The summed E-state index contributed by atoms with van der Waals surface area (Å²) in [4.78, 5) is 0. The Morgan fingerprint density at radius 3 is 2.71 bits per heavy atom. The van der Waals surface area contributed by atoms with E-state index < -0.39 is 0 Å². The molecule has 0 fully saturated rings. The van der Waals surface area contributed by atoms with Crippen LogP contribution < -0.4 is 10.5 Å². The SMILES string of the molecule is CCC(N)Cc1ccc(Oc2cc(F)ccc2Br)cc1Cl. The molecule has 0 saturated heterocycles. The average Bonchev–Trinajstić information content (AvgIpc) is 2.45. The number of rotatable bonds is 5. The molecular weight excluding hydrogens is 357 g/mol. The molecule has 21 heavy (non-hydrogen) atoms. The van der Waals surface area contributed by atoms with Gasteiger partial charge < -0.3 is 10.5 Å². The van der Waals surface area contributed by atoms with Crippen molar-refractivity contribution in [1.82, 2.24) is 0 Å². The summed E-state index contributed by atoms with van der Waals surface area (Å²) >= 11 is 9.57. The molecular formula is C16H16BrClFNO. The molecule has 1 atom stereocenters. The molecule has 2 aromatic rings. The standard InChI is InChI=1S/C16H16BrClFNO/c1-2-12(20)7-10-3-5-13(9-15(10)18)21-16-8-11(19)4-6-14(16)17/h3-6,8-9,12H,2,7,20H2,1H3. The van der Waals surface area contributed by atoms with Gasteiger partial charge in [0.15, 0.2) is 0 Å². The van der Waals surface area contributed by atoms with E-state index >= 15 is 0 Å². The smallest absolute Gasteiger partial charge is 0.144 e. The van der Waals surface area contributed by atoms with Crippen LogP contribution in [0, 0.1) is 5.82 Å². The highest BCUT2D eigenvalue weighted by molar-refractivity contribution is 9.10. The third-order valence-electron chi connectivity index (χ3n) is 3.15. The molecule has 2 rings (SSSR count). The van der Waals surface area contributed by atoms with Crippen LogP contribution in [-0.2, 0) is 6.42 Å². The fourth-order valence-corrected chi connectivity index (χ4v) is 2.44. The average molecular weight is 373 g/mol. The van der Waals surface area contributed by atoms with E-state index in [0.29, 0.717) is 21.0 Å². The Kier molecular flexibility index (Phi) is 5.62. The highest BCUT2D eigenvalue weighted by Crippen LogP contribution is 2.32. The molecule has 0 aliphatic carbocycles. The van der Waals surface area contributed by atoms with E-state index in [-0.39, 0.29) is 11.9 Å². The van der Waals surface area contributed by atoms with E-state index in [4.69, 9.17) is 22.1 Å². The minimum Gasteiger partial charge on any atom is -0.456 e. The first-order valence-electron chi connectivity index (χ1n) is 6.66. The van der Waals surface area contributed by atoms with Gasteiger partial charge in [-0.3, -0.25) is 0 Å². The molecule has 0 saturated carbocycles. The Hall–Kier alpha value is -1.10. The van der Waals surface area contributed by atoms with Crippen molar-refractivity contribution in [3.63, 3.8) is 0 Å². The number of benzene rings is 2. The minimum absolute atomic E-state index is 0.0895. The zero-order chi connectivity index (χ0) is 15.4. The second-order valence-electron chi connectivity index (χ2n) is 4.80. The molecule has 5 heteroatoms. The van der Waals surface area contributed by atoms with E-state index in [1.165, 1.54) is 12.1 Å². The largest absolute Gasteiger partial charge is 0.456 e. The van der Waals surface area contributed by atoms with E-state index in [1.54, 1.807) is 18.2 Å². The number of hydrogen-bond acceptors (Lipinski definition) is 2. The summed E-state index contributed by atoms with van der Waals surface area (Å²) in [6, 6.07) is 9.78. The molecule has 2 N–H and O–H groups in total. The monoisotopic (exact) mass is 371 g/mol. The maximum Gasteiger partial charge on any atom is 0.144 e. The van der Waals surface area contributed by atoms with Crippen molar-refractivity contribution in [3.05, 3.63) is 57.3 Å². The van der Waals surface area contributed by atoms with Crippen molar-refractivity contribution in [2.24, 2.45) is 5.73 Å². The Bertz CT molecular complexity index is 636.